The van der Waals surface area contributed by atoms with E-state index in [0.717, 1.165) is 18.4 Å². The van der Waals surface area contributed by atoms with Gasteiger partial charge in [0.25, 0.3) is 6.10 Å². The third-order valence-corrected chi connectivity index (χ3v) is 5.64. The van der Waals surface area contributed by atoms with Gasteiger partial charge in [0, 0.05) is 11.1 Å². The number of halogens is 6. The molecule has 3 aromatic carbocycles. The molecule has 1 heterocycles. The first kappa shape index (κ1) is 26.9. The summed E-state index contributed by atoms with van der Waals surface area (Å²) in [5.74, 6) is 5.12. The molecule has 0 spiro atoms. The predicted octanol–water partition coefficient (Wildman–Crippen LogP) is 5.87. The van der Waals surface area contributed by atoms with Crippen molar-refractivity contribution < 1.29 is 39.5 Å². The van der Waals surface area contributed by atoms with E-state index in [1.165, 1.54) is 12.1 Å². The van der Waals surface area contributed by atoms with Crippen LogP contribution in [0.5, 0.6) is 5.75 Å². The molecule has 0 saturated heterocycles. The molecule has 0 unspecified atom stereocenters. The highest BCUT2D eigenvalue weighted by molar-refractivity contribution is 7.92. The second kappa shape index (κ2) is 9.94. The van der Waals surface area contributed by atoms with Crippen molar-refractivity contribution in [2.24, 2.45) is 0 Å². The topological polar surface area (TPSA) is 84.1 Å². The number of sulfonamides is 1. The smallest absolute Gasteiger partial charge is 0.434 e. The first-order chi connectivity index (χ1) is 17.7. The van der Waals surface area contributed by atoms with E-state index in [1.54, 1.807) is 42.5 Å². The van der Waals surface area contributed by atoms with E-state index in [2.05, 4.69) is 31.3 Å². The zero-order valence-electron chi connectivity index (χ0n) is 19.3. The van der Waals surface area contributed by atoms with Crippen LogP contribution in [0.25, 0.3) is 22.2 Å². The molecular formula is C25H17F6N3O3S. The lowest BCUT2D eigenvalue weighted by Gasteiger charge is -2.23. The monoisotopic (exact) mass is 553 g/mol. The molecule has 2 N–H and O–H groups in total. The van der Waals surface area contributed by atoms with Crippen LogP contribution in [0.15, 0.2) is 66.7 Å². The van der Waals surface area contributed by atoms with Crippen molar-refractivity contribution in [3.8, 4) is 28.7 Å². The highest BCUT2D eigenvalue weighted by atomic mass is 32.2. The quantitative estimate of drug-likeness (QED) is 0.239. The van der Waals surface area contributed by atoms with Crippen molar-refractivity contribution in [3.63, 3.8) is 0 Å². The van der Waals surface area contributed by atoms with Gasteiger partial charge in [-0.2, -0.15) is 26.3 Å². The minimum absolute atomic E-state index is 0.259. The molecule has 198 valence electrons. The van der Waals surface area contributed by atoms with E-state index in [-0.39, 0.29) is 5.82 Å². The number of para-hydroxylation sites is 1. The zero-order chi connectivity index (χ0) is 27.7. The number of H-pyrrole nitrogens is 1. The summed E-state index contributed by atoms with van der Waals surface area (Å²) >= 11 is 0. The lowest BCUT2D eigenvalue weighted by atomic mass is 10.0. The number of benzene rings is 3. The number of anilines is 1. The van der Waals surface area contributed by atoms with Crippen molar-refractivity contribution in [2.45, 2.75) is 18.5 Å². The van der Waals surface area contributed by atoms with Gasteiger partial charge in [-0.1, -0.05) is 30.2 Å². The van der Waals surface area contributed by atoms with E-state index < -0.39 is 34.2 Å². The van der Waals surface area contributed by atoms with Crippen LogP contribution >= 0.6 is 0 Å². The standard InChI is InChI=1S/C25H17F6N3O3S/c1-38(35,36)34-19-5-3-2-4-18(19)16-9-12-20-21(14-16)33-22(32-20)13-8-15-6-10-17(11-7-15)37-23(24(26,27)28)25(29,30)31/h2-7,9-12,14,23,34H,1H3,(H,32,33). The third-order valence-electron chi connectivity index (χ3n) is 5.04. The summed E-state index contributed by atoms with van der Waals surface area (Å²) in [5, 5.41) is 0. The van der Waals surface area contributed by atoms with Crippen molar-refractivity contribution in [1.29, 1.82) is 0 Å². The average molecular weight is 553 g/mol. The number of rotatable bonds is 5. The van der Waals surface area contributed by atoms with Crippen LogP contribution in [-0.4, -0.2) is 43.1 Å². The van der Waals surface area contributed by atoms with Crippen LogP contribution in [0.4, 0.5) is 32.0 Å². The summed E-state index contributed by atoms with van der Waals surface area (Å²) < 4.78 is 106. The highest BCUT2D eigenvalue weighted by Crippen LogP contribution is 2.36. The first-order valence-electron chi connectivity index (χ1n) is 10.7. The van der Waals surface area contributed by atoms with Crippen molar-refractivity contribution in [3.05, 3.63) is 78.1 Å². The predicted molar refractivity (Wildman–Crippen MR) is 129 cm³/mol. The summed E-state index contributed by atoms with van der Waals surface area (Å²) in [5.41, 5.74) is 3.21. The largest absolute Gasteiger partial charge is 0.471 e. The highest BCUT2D eigenvalue weighted by Gasteiger charge is 2.59. The molecule has 0 amide bonds. The number of aromatic amines is 1. The molecule has 0 aliphatic heterocycles. The van der Waals surface area contributed by atoms with E-state index >= 15 is 0 Å². The summed E-state index contributed by atoms with van der Waals surface area (Å²) in [6, 6.07) is 16.5. The van der Waals surface area contributed by atoms with Gasteiger partial charge in [-0.25, -0.2) is 13.4 Å². The summed E-state index contributed by atoms with van der Waals surface area (Å²) in [4.78, 5) is 7.38. The van der Waals surface area contributed by atoms with Gasteiger partial charge in [-0.15, -0.1) is 0 Å². The fourth-order valence-electron chi connectivity index (χ4n) is 3.46. The van der Waals surface area contributed by atoms with Crippen LogP contribution in [0.3, 0.4) is 0 Å². The van der Waals surface area contributed by atoms with E-state index in [0.29, 0.717) is 33.4 Å². The minimum atomic E-state index is -5.62. The molecule has 0 bridgehead atoms. The average Bonchev–Trinajstić information content (AvgIpc) is 3.22. The molecule has 0 aliphatic rings. The molecule has 1 aromatic heterocycles. The van der Waals surface area contributed by atoms with E-state index in [4.69, 9.17) is 0 Å². The number of nitrogens with one attached hydrogen (secondary N) is 2. The molecule has 4 aromatic rings. The van der Waals surface area contributed by atoms with Crippen molar-refractivity contribution in [1.82, 2.24) is 9.97 Å². The van der Waals surface area contributed by atoms with Crippen molar-refractivity contribution in [2.75, 3.05) is 11.0 Å². The van der Waals surface area contributed by atoms with Gasteiger partial charge in [0.2, 0.25) is 10.0 Å². The summed E-state index contributed by atoms with van der Waals surface area (Å²) in [6.45, 7) is 0. The Morgan fingerprint density at radius 3 is 2.21 bits per heavy atom. The normalized spacial score (nSPS) is 12.3. The van der Waals surface area contributed by atoms with Gasteiger partial charge in [0.1, 0.15) is 5.75 Å². The van der Waals surface area contributed by atoms with Gasteiger partial charge in [0.15, 0.2) is 5.82 Å². The molecule has 13 heteroatoms. The molecule has 0 saturated carbocycles. The number of imidazole rings is 1. The Kier molecular flexibility index (Phi) is 7.03. The van der Waals surface area contributed by atoms with Crippen molar-refractivity contribution >= 4 is 26.7 Å². The first-order valence-corrected chi connectivity index (χ1v) is 12.6. The molecule has 6 nitrogen and oxygen atoms in total. The Bertz CT molecular complexity index is 1620. The maximum Gasteiger partial charge on any atom is 0.434 e. The Balaban J connectivity index is 1.55. The number of hydrogen-bond acceptors (Lipinski definition) is 4. The number of ether oxygens (including phenoxy) is 1. The second-order valence-corrected chi connectivity index (χ2v) is 9.84. The Morgan fingerprint density at radius 1 is 0.921 bits per heavy atom. The number of hydrogen-bond donors (Lipinski definition) is 2. The van der Waals surface area contributed by atoms with E-state index in [1.807, 2.05) is 0 Å². The lowest BCUT2D eigenvalue weighted by molar-refractivity contribution is -0.299. The number of fused-ring (bicyclic) bond motifs is 1. The van der Waals surface area contributed by atoms with Gasteiger partial charge in [-0.05, 0) is 53.9 Å². The summed E-state index contributed by atoms with van der Waals surface area (Å²) in [7, 11) is -3.50. The van der Waals surface area contributed by atoms with Crippen LogP contribution in [0.2, 0.25) is 0 Å². The van der Waals surface area contributed by atoms with Crippen LogP contribution < -0.4 is 9.46 Å². The van der Waals surface area contributed by atoms with Gasteiger partial charge >= 0.3 is 12.4 Å². The maximum absolute atomic E-state index is 12.7. The lowest BCUT2D eigenvalue weighted by Crippen LogP contribution is -2.46. The third kappa shape index (κ3) is 6.57. The molecule has 0 fully saturated rings. The van der Waals surface area contributed by atoms with Gasteiger partial charge in [-0.3, -0.25) is 4.72 Å². The SMILES string of the molecule is CS(=O)(=O)Nc1ccccc1-c1ccc2[nH]c(C#Cc3ccc(OC(C(F)(F)F)C(F)(F)F)cc3)nc2c1. The number of aromatic nitrogens is 2. The Morgan fingerprint density at radius 2 is 1.58 bits per heavy atom. The van der Waals surface area contributed by atoms with Gasteiger partial charge in [0.05, 0.1) is 23.0 Å². The molecule has 0 aliphatic carbocycles. The van der Waals surface area contributed by atoms with Crippen LogP contribution in [0, 0.1) is 11.8 Å². The minimum Gasteiger partial charge on any atom is -0.471 e. The Labute approximate surface area is 212 Å². The molecule has 0 atom stereocenters. The molecule has 38 heavy (non-hydrogen) atoms. The van der Waals surface area contributed by atoms with Crippen LogP contribution in [-0.2, 0) is 10.0 Å². The van der Waals surface area contributed by atoms with E-state index in [9.17, 15) is 34.8 Å². The zero-order valence-corrected chi connectivity index (χ0v) is 20.1. The molecule has 4 rings (SSSR count). The summed E-state index contributed by atoms with van der Waals surface area (Å²) in [6.07, 6.45) is -14.1. The molecular weight excluding hydrogens is 536 g/mol. The fourth-order valence-corrected chi connectivity index (χ4v) is 4.04. The van der Waals surface area contributed by atoms with Gasteiger partial charge < -0.3 is 9.72 Å². The Hall–Kier alpha value is -4.18. The maximum atomic E-state index is 12.7. The second-order valence-electron chi connectivity index (χ2n) is 8.09. The molecule has 0 radical (unpaired) electrons. The number of alkyl halides is 6. The van der Waals surface area contributed by atoms with Crippen LogP contribution in [0.1, 0.15) is 11.4 Å². The number of nitrogens with zero attached hydrogens (tertiary/aromatic N) is 1. The fraction of sp³-hybridized carbons (Fsp3) is 0.160.